The number of thiazole rings is 1. The highest BCUT2D eigenvalue weighted by molar-refractivity contribution is 8.00. The molecule has 41 heavy (non-hydrogen) atoms. The van der Waals surface area contributed by atoms with E-state index in [4.69, 9.17) is 0 Å². The topological polar surface area (TPSA) is 115 Å². The molecule has 3 N–H and O–H groups in total. The molecule has 1 fully saturated rings. The molecule has 2 heterocycles. The van der Waals surface area contributed by atoms with Gasteiger partial charge >= 0.3 is 0 Å². The third-order valence-electron chi connectivity index (χ3n) is 6.94. The van der Waals surface area contributed by atoms with Crippen molar-refractivity contribution in [3.63, 3.8) is 0 Å². The zero-order valence-corrected chi connectivity index (χ0v) is 25.1. The van der Waals surface area contributed by atoms with Crippen LogP contribution in [0.15, 0.2) is 58.9 Å². The van der Waals surface area contributed by atoms with Gasteiger partial charge in [-0.15, -0.1) is 11.8 Å². The summed E-state index contributed by atoms with van der Waals surface area (Å²) < 4.78 is 0.962. The Balaban J connectivity index is 1.26. The summed E-state index contributed by atoms with van der Waals surface area (Å²) >= 11 is 3.01. The zero-order valence-electron chi connectivity index (χ0n) is 23.5. The minimum Gasteiger partial charge on any atom is -0.395 e. The number of aromatic nitrogens is 1. The van der Waals surface area contributed by atoms with E-state index >= 15 is 0 Å². The summed E-state index contributed by atoms with van der Waals surface area (Å²) in [7, 11) is 0. The van der Waals surface area contributed by atoms with Crippen molar-refractivity contribution in [2.24, 2.45) is 0 Å². The highest BCUT2D eigenvalue weighted by Crippen LogP contribution is 2.31. The number of hydrogen-bond donors (Lipinski definition) is 3. The van der Waals surface area contributed by atoms with Gasteiger partial charge in [0.25, 0.3) is 11.8 Å². The first kappa shape index (κ1) is 30.7. The second kappa shape index (κ2) is 15.1. The number of amides is 3. The van der Waals surface area contributed by atoms with Crippen LogP contribution in [0, 0.1) is 0 Å². The van der Waals surface area contributed by atoms with Crippen LogP contribution in [0.4, 0.5) is 5.13 Å². The molecule has 0 saturated carbocycles. The van der Waals surface area contributed by atoms with Crippen LogP contribution in [0.2, 0.25) is 0 Å². The number of benzene rings is 2. The van der Waals surface area contributed by atoms with Gasteiger partial charge in [0.15, 0.2) is 5.13 Å². The number of nitrogens with zero attached hydrogens (tertiary/aromatic N) is 3. The number of rotatable bonds is 12. The fraction of sp³-hybridized carbons (Fsp3) is 0.400. The van der Waals surface area contributed by atoms with Gasteiger partial charge in [-0.05, 0) is 41.8 Å². The lowest BCUT2D eigenvalue weighted by Gasteiger charge is -2.34. The Kier molecular flexibility index (Phi) is 11.3. The highest BCUT2D eigenvalue weighted by atomic mass is 32.2. The molecule has 0 spiro atoms. The highest BCUT2D eigenvalue weighted by Gasteiger charge is 2.23. The molecule has 1 saturated heterocycles. The Morgan fingerprint density at radius 1 is 1.02 bits per heavy atom. The van der Waals surface area contributed by atoms with Crippen LogP contribution in [0.25, 0.3) is 0 Å². The maximum Gasteiger partial charge on any atom is 0.257 e. The van der Waals surface area contributed by atoms with E-state index in [-0.39, 0.29) is 30.4 Å². The average Bonchev–Trinajstić information content (AvgIpc) is 3.45. The van der Waals surface area contributed by atoms with Crippen LogP contribution in [-0.2, 0) is 17.1 Å². The van der Waals surface area contributed by atoms with Crippen molar-refractivity contribution in [3.8, 4) is 0 Å². The van der Waals surface area contributed by atoms with Gasteiger partial charge in [-0.2, -0.15) is 0 Å². The van der Waals surface area contributed by atoms with Gasteiger partial charge in [-0.1, -0.05) is 48.9 Å². The second-order valence-electron chi connectivity index (χ2n) is 9.97. The average molecular weight is 596 g/mol. The molecule has 2 aromatic carbocycles. The number of hydrogen-bond acceptors (Lipinski definition) is 8. The maximum absolute atomic E-state index is 13.0. The van der Waals surface area contributed by atoms with E-state index in [1.54, 1.807) is 46.8 Å². The number of thioether (sulfide) groups is 1. The SMILES string of the molecule is CCCC(CO)NCc1ccc(C(=O)Nc2ncc(SCc3cccc(C(=O)N4CCN(C(C)=O)CC4)c3)s2)cc1. The van der Waals surface area contributed by atoms with Crippen molar-refractivity contribution in [1.82, 2.24) is 20.1 Å². The van der Waals surface area contributed by atoms with Crippen LogP contribution in [-0.4, -0.2) is 76.4 Å². The van der Waals surface area contributed by atoms with Gasteiger partial charge in [-0.3, -0.25) is 19.7 Å². The zero-order chi connectivity index (χ0) is 29.2. The van der Waals surface area contributed by atoms with Crippen molar-refractivity contribution < 1.29 is 19.5 Å². The Hall–Kier alpha value is -3.25. The minimum atomic E-state index is -0.218. The number of carbonyl (C=O) groups is 3. The van der Waals surface area contributed by atoms with E-state index in [0.717, 1.165) is 28.2 Å². The van der Waals surface area contributed by atoms with Crippen LogP contribution in [0.3, 0.4) is 0 Å². The van der Waals surface area contributed by atoms with E-state index < -0.39 is 0 Å². The lowest BCUT2D eigenvalue weighted by atomic mass is 10.1. The summed E-state index contributed by atoms with van der Waals surface area (Å²) in [5.41, 5.74) is 3.27. The van der Waals surface area contributed by atoms with E-state index in [9.17, 15) is 19.5 Å². The fourth-order valence-electron chi connectivity index (χ4n) is 4.55. The Labute approximate surface area is 249 Å². The van der Waals surface area contributed by atoms with Gasteiger partial charge in [0.1, 0.15) is 0 Å². The molecule has 3 aromatic rings. The Morgan fingerprint density at radius 3 is 2.44 bits per heavy atom. The smallest absolute Gasteiger partial charge is 0.257 e. The standard InChI is InChI=1S/C30H37N5O4S2/c1-3-5-26(19-36)31-17-22-8-10-24(11-9-22)28(38)33-30-32-18-27(41-30)40-20-23-6-4-7-25(16-23)29(39)35-14-12-34(13-15-35)21(2)37/h4,6-11,16,18,26,31,36H,3,5,12-15,17,19-20H2,1-2H3,(H,32,33,38). The monoisotopic (exact) mass is 595 g/mol. The van der Waals surface area contributed by atoms with Gasteiger partial charge in [0.05, 0.1) is 17.0 Å². The summed E-state index contributed by atoms with van der Waals surface area (Å²) in [5, 5.41) is 16.2. The first-order chi connectivity index (χ1) is 19.9. The van der Waals surface area contributed by atoms with Gasteiger partial charge in [0.2, 0.25) is 5.91 Å². The van der Waals surface area contributed by atoms with Crippen LogP contribution >= 0.6 is 23.1 Å². The second-order valence-corrected chi connectivity index (χ2v) is 12.3. The van der Waals surface area contributed by atoms with Crippen LogP contribution < -0.4 is 10.6 Å². The predicted octanol–water partition coefficient (Wildman–Crippen LogP) is 4.24. The molecule has 11 heteroatoms. The van der Waals surface area contributed by atoms with Crippen LogP contribution in [0.5, 0.6) is 0 Å². The molecule has 3 amide bonds. The Bertz CT molecular complexity index is 1320. The lowest BCUT2D eigenvalue weighted by Crippen LogP contribution is -2.50. The molecule has 1 atom stereocenters. The van der Waals surface area contributed by atoms with Crippen molar-refractivity contribution in [2.45, 2.75) is 49.2 Å². The lowest BCUT2D eigenvalue weighted by molar-refractivity contribution is -0.130. The van der Waals surface area contributed by atoms with E-state index in [2.05, 4.69) is 22.5 Å². The molecular formula is C30H37N5O4S2. The molecule has 218 valence electrons. The van der Waals surface area contributed by atoms with Crippen molar-refractivity contribution in [3.05, 3.63) is 77.0 Å². The number of piperazine rings is 1. The largest absolute Gasteiger partial charge is 0.395 e. The molecule has 0 bridgehead atoms. The van der Waals surface area contributed by atoms with Crippen molar-refractivity contribution >= 4 is 46.0 Å². The first-order valence-electron chi connectivity index (χ1n) is 13.8. The van der Waals surface area contributed by atoms with Gasteiger partial charge < -0.3 is 20.2 Å². The van der Waals surface area contributed by atoms with Gasteiger partial charge in [-0.25, -0.2) is 4.98 Å². The van der Waals surface area contributed by atoms with E-state index in [1.807, 2.05) is 36.4 Å². The molecule has 4 rings (SSSR count). The van der Waals surface area contributed by atoms with Crippen LogP contribution in [0.1, 0.15) is 58.5 Å². The number of nitrogens with one attached hydrogen (secondary N) is 2. The van der Waals surface area contributed by atoms with E-state index in [1.165, 1.54) is 11.3 Å². The van der Waals surface area contributed by atoms with E-state index in [0.29, 0.717) is 54.7 Å². The van der Waals surface area contributed by atoms with Gasteiger partial charge in [0, 0.05) is 62.6 Å². The predicted molar refractivity (Wildman–Crippen MR) is 163 cm³/mol. The summed E-state index contributed by atoms with van der Waals surface area (Å²) in [6, 6.07) is 15.1. The molecule has 1 aromatic heterocycles. The molecule has 0 radical (unpaired) electrons. The summed E-state index contributed by atoms with van der Waals surface area (Å²) in [5.74, 6) is 0.475. The normalized spacial score (nSPS) is 14.1. The van der Waals surface area contributed by atoms with Crippen molar-refractivity contribution in [2.75, 3.05) is 38.1 Å². The molecule has 0 aliphatic carbocycles. The third-order valence-corrected chi connectivity index (χ3v) is 9.12. The molecule has 1 unspecified atom stereocenters. The molecule has 1 aliphatic heterocycles. The summed E-state index contributed by atoms with van der Waals surface area (Å²) in [6.45, 7) is 6.60. The maximum atomic E-state index is 13.0. The quantitative estimate of drug-likeness (QED) is 0.268. The number of carbonyl (C=O) groups excluding carboxylic acids is 3. The molecule has 1 aliphatic rings. The summed E-state index contributed by atoms with van der Waals surface area (Å²) in [4.78, 5) is 45.2. The first-order valence-corrected chi connectivity index (χ1v) is 15.6. The van der Waals surface area contributed by atoms with Crippen molar-refractivity contribution in [1.29, 1.82) is 0 Å². The number of anilines is 1. The third kappa shape index (κ3) is 8.87. The summed E-state index contributed by atoms with van der Waals surface area (Å²) in [6.07, 6.45) is 3.67. The minimum absolute atomic E-state index is 0.0158. The fourth-order valence-corrected chi connectivity index (χ4v) is 6.36. The number of aliphatic hydroxyl groups is 1. The molecule has 9 nitrogen and oxygen atoms in total. The number of aliphatic hydroxyl groups excluding tert-OH is 1. The Morgan fingerprint density at radius 2 is 1.76 bits per heavy atom. The molecular weight excluding hydrogens is 558 g/mol.